The van der Waals surface area contributed by atoms with Gasteiger partial charge < -0.3 is 5.11 Å². The first-order valence-corrected chi connectivity index (χ1v) is 7.14. The predicted octanol–water partition coefficient (Wildman–Crippen LogP) is 4.51. The molecule has 0 aliphatic heterocycles. The number of rotatable bonds is 5. The van der Waals surface area contributed by atoms with Crippen molar-refractivity contribution in [2.75, 3.05) is 0 Å². The summed E-state index contributed by atoms with van der Waals surface area (Å²) in [6, 6.07) is 13.9. The molecule has 2 nitrogen and oxygen atoms in total. The van der Waals surface area contributed by atoms with Crippen molar-refractivity contribution in [1.82, 2.24) is 0 Å². The molecule has 2 heteroatoms. The average Bonchev–Trinajstić information content (AvgIpc) is 2.45. The first-order chi connectivity index (χ1) is 10.1. The molecule has 0 saturated carbocycles. The molecule has 0 unspecified atom stereocenters. The topological polar surface area (TPSA) is 37.3 Å². The molecule has 2 aromatic rings. The summed E-state index contributed by atoms with van der Waals surface area (Å²) in [5, 5.41) is 9.26. The maximum atomic E-state index is 11.3. The van der Waals surface area contributed by atoms with Gasteiger partial charge in [0.05, 0.1) is 5.56 Å². The lowest BCUT2D eigenvalue weighted by Gasteiger charge is -2.08. The molecule has 0 aliphatic carbocycles. The predicted molar refractivity (Wildman–Crippen MR) is 86.7 cm³/mol. The van der Waals surface area contributed by atoms with Crippen molar-refractivity contribution in [3.8, 4) is 0 Å². The molecule has 108 valence electrons. The Bertz CT molecular complexity index is 669. The Morgan fingerprint density at radius 3 is 2.67 bits per heavy atom. The van der Waals surface area contributed by atoms with Crippen LogP contribution in [-0.2, 0) is 12.8 Å². The van der Waals surface area contributed by atoms with Gasteiger partial charge in [0, 0.05) is 0 Å². The smallest absolute Gasteiger partial charge is 0.335 e. The Morgan fingerprint density at radius 2 is 1.95 bits per heavy atom. The van der Waals surface area contributed by atoms with E-state index in [1.807, 2.05) is 38.1 Å². The van der Waals surface area contributed by atoms with Crippen LogP contribution in [0.2, 0.25) is 0 Å². The Kier molecular flexibility index (Phi) is 4.94. The highest BCUT2D eigenvalue weighted by Crippen LogP contribution is 2.16. The van der Waals surface area contributed by atoms with Gasteiger partial charge in [-0.05, 0) is 49.4 Å². The molecule has 0 heterocycles. The maximum absolute atomic E-state index is 11.3. The van der Waals surface area contributed by atoms with Crippen LogP contribution in [0.15, 0.2) is 48.5 Å². The molecule has 0 aromatic heterocycles. The number of hydrogen-bond donors (Lipinski definition) is 1. The number of carboxylic acid groups (broad SMARTS) is 1. The van der Waals surface area contributed by atoms with Gasteiger partial charge in [0.25, 0.3) is 0 Å². The Labute approximate surface area is 125 Å². The summed E-state index contributed by atoms with van der Waals surface area (Å²) in [6.07, 6.45) is 5.67. The summed E-state index contributed by atoms with van der Waals surface area (Å²) in [5.41, 5.74) is 4.81. The van der Waals surface area contributed by atoms with Crippen LogP contribution in [0.25, 0.3) is 6.08 Å². The third kappa shape index (κ3) is 4.06. The van der Waals surface area contributed by atoms with Gasteiger partial charge in [-0.25, -0.2) is 4.79 Å². The number of aryl methyl sites for hydroxylation is 3. The van der Waals surface area contributed by atoms with Crippen LogP contribution in [-0.4, -0.2) is 11.1 Å². The molecule has 0 amide bonds. The monoisotopic (exact) mass is 280 g/mol. The Hall–Kier alpha value is -2.35. The molecule has 2 rings (SSSR count). The highest BCUT2D eigenvalue weighted by Gasteiger charge is 2.10. The summed E-state index contributed by atoms with van der Waals surface area (Å²) < 4.78 is 0. The maximum Gasteiger partial charge on any atom is 0.335 e. The summed E-state index contributed by atoms with van der Waals surface area (Å²) in [7, 11) is 0. The molecule has 0 saturated heterocycles. The molecule has 2 aromatic carbocycles. The van der Waals surface area contributed by atoms with Gasteiger partial charge in [0.2, 0.25) is 0 Å². The van der Waals surface area contributed by atoms with Gasteiger partial charge >= 0.3 is 5.97 Å². The molecule has 0 radical (unpaired) electrons. The summed E-state index contributed by atoms with van der Waals surface area (Å²) in [4.78, 5) is 11.3. The van der Waals surface area contributed by atoms with E-state index in [0.717, 1.165) is 24.0 Å². The summed E-state index contributed by atoms with van der Waals surface area (Å²) >= 11 is 0. The van der Waals surface area contributed by atoms with E-state index in [2.05, 4.69) is 24.3 Å². The van der Waals surface area contributed by atoms with Crippen LogP contribution < -0.4 is 0 Å². The number of allylic oxidation sites excluding steroid dienone is 1. The zero-order chi connectivity index (χ0) is 15.2. The van der Waals surface area contributed by atoms with Crippen LogP contribution in [0.5, 0.6) is 0 Å². The zero-order valence-corrected chi connectivity index (χ0v) is 12.5. The second-order valence-electron chi connectivity index (χ2n) is 5.21. The number of benzene rings is 2. The fourth-order valence-electron chi connectivity index (χ4n) is 2.46. The van der Waals surface area contributed by atoms with Crippen LogP contribution in [0, 0.1) is 6.92 Å². The molecule has 0 atom stereocenters. The van der Waals surface area contributed by atoms with Crippen LogP contribution in [0.1, 0.15) is 39.5 Å². The minimum atomic E-state index is -0.854. The fraction of sp³-hybridized carbons (Fsp3) is 0.211. The molecule has 0 bridgehead atoms. The number of hydrogen-bond acceptors (Lipinski definition) is 1. The van der Waals surface area contributed by atoms with Gasteiger partial charge in [0.1, 0.15) is 0 Å². The fourth-order valence-corrected chi connectivity index (χ4v) is 2.46. The largest absolute Gasteiger partial charge is 0.478 e. The lowest BCUT2D eigenvalue weighted by molar-refractivity contribution is 0.0695. The SMILES string of the molecule is CC=Cc1cccc(CCc2cc(C)ccc2C(=O)O)c1. The summed E-state index contributed by atoms with van der Waals surface area (Å²) in [6.45, 7) is 3.99. The van der Waals surface area contributed by atoms with Gasteiger partial charge in [-0.1, -0.05) is 54.1 Å². The van der Waals surface area contributed by atoms with Crippen molar-refractivity contribution in [1.29, 1.82) is 0 Å². The van der Waals surface area contributed by atoms with Crippen LogP contribution in [0.4, 0.5) is 0 Å². The van der Waals surface area contributed by atoms with E-state index in [0.29, 0.717) is 5.56 Å². The molecule has 0 fully saturated rings. The van der Waals surface area contributed by atoms with Gasteiger partial charge in [0.15, 0.2) is 0 Å². The normalized spacial score (nSPS) is 11.0. The third-order valence-electron chi connectivity index (χ3n) is 3.48. The van der Waals surface area contributed by atoms with Crippen molar-refractivity contribution in [3.05, 3.63) is 76.4 Å². The second-order valence-corrected chi connectivity index (χ2v) is 5.21. The van der Waals surface area contributed by atoms with Crippen molar-refractivity contribution < 1.29 is 9.90 Å². The highest BCUT2D eigenvalue weighted by atomic mass is 16.4. The van der Waals surface area contributed by atoms with E-state index < -0.39 is 5.97 Å². The van der Waals surface area contributed by atoms with Gasteiger partial charge in [-0.15, -0.1) is 0 Å². The van der Waals surface area contributed by atoms with E-state index >= 15 is 0 Å². The van der Waals surface area contributed by atoms with Gasteiger partial charge in [-0.3, -0.25) is 0 Å². The Balaban J connectivity index is 2.18. The van der Waals surface area contributed by atoms with E-state index in [1.54, 1.807) is 6.07 Å². The molecule has 0 spiro atoms. The standard InChI is InChI=1S/C19H20O2/c1-3-5-15-6-4-7-16(13-15)9-10-17-12-14(2)8-11-18(17)19(20)21/h3-8,11-13H,9-10H2,1-2H3,(H,20,21). The minimum Gasteiger partial charge on any atom is -0.478 e. The zero-order valence-electron chi connectivity index (χ0n) is 12.5. The van der Waals surface area contributed by atoms with E-state index in [-0.39, 0.29) is 0 Å². The van der Waals surface area contributed by atoms with Crippen molar-refractivity contribution in [2.45, 2.75) is 26.7 Å². The average molecular weight is 280 g/mol. The first kappa shape index (κ1) is 15.0. The highest BCUT2D eigenvalue weighted by molar-refractivity contribution is 5.89. The molecular formula is C19H20O2. The summed E-state index contributed by atoms with van der Waals surface area (Å²) in [5.74, 6) is -0.854. The van der Waals surface area contributed by atoms with Crippen LogP contribution >= 0.6 is 0 Å². The molecule has 21 heavy (non-hydrogen) atoms. The first-order valence-electron chi connectivity index (χ1n) is 7.14. The minimum absolute atomic E-state index is 0.408. The third-order valence-corrected chi connectivity index (χ3v) is 3.48. The van der Waals surface area contributed by atoms with E-state index in [1.165, 1.54) is 11.1 Å². The number of carbonyl (C=O) groups is 1. The Morgan fingerprint density at radius 1 is 1.14 bits per heavy atom. The van der Waals surface area contributed by atoms with Gasteiger partial charge in [-0.2, -0.15) is 0 Å². The second kappa shape index (κ2) is 6.89. The molecular weight excluding hydrogens is 260 g/mol. The lowest BCUT2D eigenvalue weighted by atomic mass is 9.97. The van der Waals surface area contributed by atoms with E-state index in [9.17, 15) is 9.90 Å². The molecule has 0 aliphatic rings. The molecule has 1 N–H and O–H groups in total. The van der Waals surface area contributed by atoms with E-state index in [4.69, 9.17) is 0 Å². The number of carboxylic acids is 1. The van der Waals surface area contributed by atoms with Crippen molar-refractivity contribution >= 4 is 12.0 Å². The van der Waals surface area contributed by atoms with Crippen molar-refractivity contribution in [2.24, 2.45) is 0 Å². The lowest BCUT2D eigenvalue weighted by Crippen LogP contribution is -2.04. The number of aromatic carboxylic acids is 1. The van der Waals surface area contributed by atoms with Crippen molar-refractivity contribution in [3.63, 3.8) is 0 Å². The quantitative estimate of drug-likeness (QED) is 0.874. The van der Waals surface area contributed by atoms with Crippen LogP contribution in [0.3, 0.4) is 0 Å².